The number of aliphatic carboxylic acids is 1. The molecule has 0 radical (unpaired) electrons. The lowest BCUT2D eigenvalue weighted by Crippen LogP contribution is -2.45. The van der Waals surface area contributed by atoms with Crippen LogP contribution in [0.5, 0.6) is 5.75 Å². The summed E-state index contributed by atoms with van der Waals surface area (Å²) in [7, 11) is 0. The normalized spacial score (nSPS) is 26.3. The number of ether oxygens (including phenoxy) is 1. The van der Waals surface area contributed by atoms with Gasteiger partial charge in [-0.2, -0.15) is 0 Å². The Morgan fingerprint density at radius 2 is 1.87 bits per heavy atom. The first-order valence-corrected chi connectivity index (χ1v) is 19.6. The van der Waals surface area contributed by atoms with Crippen LogP contribution in [0.1, 0.15) is 88.4 Å². The molecular formula is C43H49N3O5S. The van der Waals surface area contributed by atoms with E-state index in [1.165, 1.54) is 0 Å². The molecule has 272 valence electrons. The van der Waals surface area contributed by atoms with Crippen LogP contribution in [0, 0.1) is 24.2 Å². The van der Waals surface area contributed by atoms with Crippen molar-refractivity contribution in [2.75, 3.05) is 6.54 Å². The number of rotatable bonds is 6. The molecule has 0 unspecified atom stereocenters. The molecule has 8 nitrogen and oxygen atoms in total. The highest BCUT2D eigenvalue weighted by atomic mass is 32.1. The highest BCUT2D eigenvalue weighted by molar-refractivity contribution is 7.09. The van der Waals surface area contributed by atoms with Gasteiger partial charge in [-0.3, -0.25) is 14.4 Å². The van der Waals surface area contributed by atoms with Crippen LogP contribution in [-0.4, -0.2) is 56.3 Å². The highest BCUT2D eigenvalue weighted by Gasteiger charge is 2.61. The van der Waals surface area contributed by atoms with Crippen molar-refractivity contribution >= 4 is 39.9 Å². The molecule has 1 aliphatic carbocycles. The number of allylic oxidation sites excluding steroid dienone is 2. The number of Topliss-reactive ketones (excluding diaryl/α,β-unsaturated/α-hetero) is 1. The second-order valence-electron chi connectivity index (χ2n) is 16.1. The topological polar surface area (TPSA) is 110 Å². The number of carbonyl (C=O) groups excluding carboxylic acids is 2. The second-order valence-corrected chi connectivity index (χ2v) is 17.1. The number of carbonyl (C=O) groups is 3. The van der Waals surface area contributed by atoms with Crippen LogP contribution in [-0.2, 0) is 26.2 Å². The van der Waals surface area contributed by atoms with Gasteiger partial charge in [-0.15, -0.1) is 11.3 Å². The van der Waals surface area contributed by atoms with E-state index in [2.05, 4.69) is 32.2 Å². The van der Waals surface area contributed by atoms with Gasteiger partial charge in [-0.05, 0) is 56.2 Å². The number of benzene rings is 2. The number of amides is 1. The lowest BCUT2D eigenvalue weighted by atomic mass is 9.91. The van der Waals surface area contributed by atoms with Crippen molar-refractivity contribution in [1.29, 1.82) is 0 Å². The number of aromatic nitrogens is 2. The van der Waals surface area contributed by atoms with Gasteiger partial charge in [0.1, 0.15) is 11.9 Å². The number of hydrogen-bond acceptors (Lipinski definition) is 7. The van der Waals surface area contributed by atoms with Gasteiger partial charge in [0.05, 0.1) is 39.9 Å². The second kappa shape index (κ2) is 14.6. The molecule has 3 aliphatic rings. The molecule has 2 aliphatic heterocycles. The van der Waals surface area contributed by atoms with Crippen molar-refractivity contribution in [2.45, 2.75) is 103 Å². The largest absolute Gasteiger partial charge is 0.488 e. The molecule has 1 saturated carbocycles. The average molecular weight is 720 g/mol. The molecular weight excluding hydrogens is 671 g/mol. The minimum absolute atomic E-state index is 0.0677. The number of ketones is 1. The Hall–Kier alpha value is -4.37. The Labute approximate surface area is 310 Å². The van der Waals surface area contributed by atoms with Crippen LogP contribution < -0.4 is 4.74 Å². The van der Waals surface area contributed by atoms with Crippen LogP contribution >= 0.6 is 11.3 Å². The molecule has 4 aromatic rings. The maximum absolute atomic E-state index is 14.8. The fourth-order valence-corrected chi connectivity index (χ4v) is 9.01. The SMILES string of the molecule is Cc1ccc2c(O[C@@H]3C[C@H]4C(=O)C[C@]5(C(=O)O)C[C@H]5/C=C\CCCCC[C@H](Cc5nc(C(C)(C)C)cs5)C(=O)N4C3)cc(-c3ccccc3)nc2c1. The van der Waals surface area contributed by atoms with Gasteiger partial charge in [0.15, 0.2) is 5.78 Å². The van der Waals surface area contributed by atoms with E-state index < -0.39 is 23.5 Å². The molecule has 0 spiro atoms. The Bertz CT molecular complexity index is 2000. The lowest BCUT2D eigenvalue weighted by molar-refractivity contribution is -0.147. The number of carboxylic acids is 1. The molecule has 9 heteroatoms. The van der Waals surface area contributed by atoms with Crippen LogP contribution in [0.4, 0.5) is 0 Å². The molecule has 1 saturated heterocycles. The number of fused-ring (bicyclic) bond motifs is 3. The van der Waals surface area contributed by atoms with Crippen molar-refractivity contribution < 1.29 is 24.2 Å². The van der Waals surface area contributed by atoms with Gasteiger partial charge in [0.2, 0.25) is 5.91 Å². The van der Waals surface area contributed by atoms with Crippen LogP contribution in [0.3, 0.4) is 0 Å². The number of thiazole rings is 1. The predicted octanol–water partition coefficient (Wildman–Crippen LogP) is 8.74. The maximum atomic E-state index is 14.8. The molecule has 2 aromatic heterocycles. The summed E-state index contributed by atoms with van der Waals surface area (Å²) in [5.74, 6) is -1.07. The molecule has 1 amide bonds. The first-order chi connectivity index (χ1) is 24.9. The molecule has 5 atom stereocenters. The van der Waals surface area contributed by atoms with Gasteiger partial charge < -0.3 is 14.7 Å². The summed E-state index contributed by atoms with van der Waals surface area (Å²) in [4.78, 5) is 53.4. The Balaban J connectivity index is 1.22. The van der Waals surface area contributed by atoms with E-state index in [1.54, 1.807) is 16.2 Å². The zero-order chi connectivity index (χ0) is 36.6. The summed E-state index contributed by atoms with van der Waals surface area (Å²) >= 11 is 1.59. The van der Waals surface area contributed by atoms with E-state index in [0.29, 0.717) is 31.4 Å². The number of carboxylic acid groups (broad SMARTS) is 1. The zero-order valence-electron chi connectivity index (χ0n) is 30.6. The van der Waals surface area contributed by atoms with Crippen molar-refractivity contribution in [1.82, 2.24) is 14.9 Å². The minimum atomic E-state index is -1.12. The molecule has 4 heterocycles. The van der Waals surface area contributed by atoms with E-state index in [1.807, 2.05) is 67.6 Å². The van der Waals surface area contributed by atoms with Crippen molar-refractivity contribution in [3.05, 3.63) is 88.4 Å². The summed E-state index contributed by atoms with van der Waals surface area (Å²) < 4.78 is 6.81. The fourth-order valence-electron chi connectivity index (χ4n) is 7.91. The third-order valence-corrected chi connectivity index (χ3v) is 12.0. The van der Waals surface area contributed by atoms with Crippen LogP contribution in [0.25, 0.3) is 22.2 Å². The van der Waals surface area contributed by atoms with E-state index in [4.69, 9.17) is 14.7 Å². The van der Waals surface area contributed by atoms with Gasteiger partial charge >= 0.3 is 5.97 Å². The summed E-state index contributed by atoms with van der Waals surface area (Å²) in [6.45, 7) is 8.70. The third-order valence-electron chi connectivity index (χ3n) is 11.1. The highest BCUT2D eigenvalue weighted by Crippen LogP contribution is 2.57. The molecule has 2 aromatic carbocycles. The van der Waals surface area contributed by atoms with Gasteiger partial charge in [0, 0.05) is 53.0 Å². The van der Waals surface area contributed by atoms with E-state index in [0.717, 1.165) is 64.1 Å². The number of aryl methyl sites for hydroxylation is 1. The smallest absolute Gasteiger partial charge is 0.310 e. The summed E-state index contributed by atoms with van der Waals surface area (Å²) in [6, 6.07) is 17.2. The quantitative estimate of drug-likeness (QED) is 0.199. The van der Waals surface area contributed by atoms with Crippen molar-refractivity contribution in [3.63, 3.8) is 0 Å². The average Bonchev–Trinajstić information content (AvgIpc) is 3.39. The Morgan fingerprint density at radius 3 is 2.62 bits per heavy atom. The maximum Gasteiger partial charge on any atom is 0.310 e. The first-order valence-electron chi connectivity index (χ1n) is 18.7. The number of pyridine rings is 1. The van der Waals surface area contributed by atoms with E-state index >= 15 is 0 Å². The number of nitrogens with zero attached hydrogens (tertiary/aromatic N) is 3. The Kier molecular flexibility index (Phi) is 10.1. The van der Waals surface area contributed by atoms with E-state index in [9.17, 15) is 19.5 Å². The van der Waals surface area contributed by atoms with Gasteiger partial charge in [-0.25, -0.2) is 9.97 Å². The zero-order valence-corrected chi connectivity index (χ0v) is 31.5. The molecule has 2 fully saturated rings. The fraction of sp³-hybridized carbons (Fsp3) is 0.465. The van der Waals surface area contributed by atoms with Gasteiger partial charge in [-0.1, -0.05) is 82.2 Å². The van der Waals surface area contributed by atoms with Crippen molar-refractivity contribution in [3.8, 4) is 17.0 Å². The first kappa shape index (κ1) is 36.0. The minimum Gasteiger partial charge on any atom is -0.488 e. The van der Waals surface area contributed by atoms with E-state index in [-0.39, 0.29) is 41.9 Å². The van der Waals surface area contributed by atoms with Gasteiger partial charge in [0.25, 0.3) is 0 Å². The van der Waals surface area contributed by atoms with Crippen molar-refractivity contribution in [2.24, 2.45) is 17.3 Å². The Morgan fingerprint density at radius 1 is 1.06 bits per heavy atom. The summed E-state index contributed by atoms with van der Waals surface area (Å²) in [5.41, 5.74) is 3.44. The van der Waals surface area contributed by atoms with Crippen LogP contribution in [0.15, 0.2) is 72.1 Å². The lowest BCUT2D eigenvalue weighted by Gasteiger charge is -2.28. The summed E-state index contributed by atoms with van der Waals surface area (Å²) in [6.07, 6.45) is 9.19. The number of hydrogen-bond donors (Lipinski definition) is 1. The molecule has 52 heavy (non-hydrogen) atoms. The summed E-state index contributed by atoms with van der Waals surface area (Å²) in [5, 5.41) is 14.2. The molecule has 0 bridgehead atoms. The molecule has 1 N–H and O–H groups in total. The van der Waals surface area contributed by atoms with Crippen LogP contribution in [0.2, 0.25) is 0 Å². The molecule has 7 rings (SSSR count). The standard InChI is InChI=1S/C43H49N3O5S/c1-27-17-18-32-34(19-27)44-33(28-13-10-8-11-14-28)22-37(32)51-31-21-35-36(47)24-43(41(49)50)23-30(43)16-12-7-5-6-9-15-29(40(48)46(35)25-31)20-39-45-38(26-52-39)42(2,3)4/h8,10-14,16-19,22,26,29-31,35H,5-7,9,15,20-21,23-25H2,1-4H3,(H,49,50)/b16-12-/t29-,30-,31-,35+,43-/m1/s1. The third kappa shape index (κ3) is 7.56. The predicted molar refractivity (Wildman–Crippen MR) is 204 cm³/mol. The monoisotopic (exact) mass is 719 g/mol.